The van der Waals surface area contributed by atoms with E-state index in [0.717, 1.165) is 12.0 Å². The molecule has 1 aromatic heterocycles. The molecule has 0 radical (unpaired) electrons. The molecule has 1 fully saturated rings. The Bertz CT molecular complexity index is 323. The molecule has 1 aromatic rings. The lowest BCUT2D eigenvalue weighted by atomic mass is 10.0. The first-order valence-corrected chi connectivity index (χ1v) is 4.61. The van der Waals surface area contributed by atoms with Crippen LogP contribution >= 0.6 is 0 Å². The van der Waals surface area contributed by atoms with Crippen molar-refractivity contribution < 1.29 is 9.53 Å². The van der Waals surface area contributed by atoms with Crippen LogP contribution in [0.5, 0.6) is 0 Å². The van der Waals surface area contributed by atoms with E-state index in [1.165, 1.54) is 0 Å². The van der Waals surface area contributed by atoms with Crippen LogP contribution < -0.4 is 5.32 Å². The summed E-state index contributed by atoms with van der Waals surface area (Å²) in [4.78, 5) is 11.3. The van der Waals surface area contributed by atoms with Gasteiger partial charge in [0.2, 0.25) is 0 Å². The minimum atomic E-state index is -0.530. The number of ether oxygens (including phenoxy) is 1. The number of rotatable bonds is 3. The lowest BCUT2D eigenvalue weighted by molar-refractivity contribution is -0.143. The number of cyclic esters (lactones) is 1. The van der Waals surface area contributed by atoms with Gasteiger partial charge in [0.15, 0.2) is 0 Å². The van der Waals surface area contributed by atoms with Gasteiger partial charge in [-0.15, -0.1) is 0 Å². The summed E-state index contributed by atoms with van der Waals surface area (Å²) in [6.07, 6.45) is 4.26. The second kappa shape index (κ2) is 3.42. The van der Waals surface area contributed by atoms with Crippen LogP contribution in [0, 0.1) is 0 Å². The first-order valence-electron chi connectivity index (χ1n) is 4.61. The second-order valence-electron chi connectivity index (χ2n) is 3.68. The fourth-order valence-corrected chi connectivity index (χ4v) is 1.44. The van der Waals surface area contributed by atoms with Crippen LogP contribution in [-0.2, 0) is 16.1 Å². The summed E-state index contributed by atoms with van der Waals surface area (Å²) in [7, 11) is 0. The molecular formula is C9H13N3O2. The number of aromatic nitrogens is 2. The Morgan fingerprint density at radius 3 is 3.21 bits per heavy atom. The number of hydrogen-bond acceptors (Lipinski definition) is 4. The molecule has 14 heavy (non-hydrogen) atoms. The number of hydrogen-bond donors (Lipinski definition) is 2. The summed E-state index contributed by atoms with van der Waals surface area (Å²) < 4.78 is 4.91. The van der Waals surface area contributed by atoms with Gasteiger partial charge >= 0.3 is 5.97 Å². The van der Waals surface area contributed by atoms with Gasteiger partial charge in [-0.1, -0.05) is 0 Å². The third kappa shape index (κ3) is 1.63. The quantitative estimate of drug-likeness (QED) is 0.676. The molecule has 0 aliphatic carbocycles. The van der Waals surface area contributed by atoms with Gasteiger partial charge in [-0.2, -0.15) is 5.10 Å². The molecule has 2 N–H and O–H groups in total. The highest BCUT2D eigenvalue weighted by Crippen LogP contribution is 2.19. The molecule has 5 nitrogen and oxygen atoms in total. The van der Waals surface area contributed by atoms with E-state index >= 15 is 0 Å². The summed E-state index contributed by atoms with van der Waals surface area (Å²) in [6, 6.07) is 0. The third-order valence-corrected chi connectivity index (χ3v) is 2.52. The van der Waals surface area contributed by atoms with Crippen molar-refractivity contribution in [3.8, 4) is 0 Å². The molecule has 0 bridgehead atoms. The maximum Gasteiger partial charge on any atom is 0.326 e. The number of H-pyrrole nitrogens is 1. The standard InChI is InChI=1S/C9H13N3O2/c1-9(2-3-14-8(9)13)10-4-7-5-11-12-6-7/h5-6,10H,2-4H2,1H3,(H,11,12). The van der Waals surface area contributed by atoms with Crippen molar-refractivity contribution in [1.82, 2.24) is 15.5 Å². The Hall–Kier alpha value is -1.36. The topological polar surface area (TPSA) is 67.0 Å². The van der Waals surface area contributed by atoms with Gasteiger partial charge in [-0.05, 0) is 6.92 Å². The molecule has 2 heterocycles. The van der Waals surface area contributed by atoms with E-state index < -0.39 is 5.54 Å². The van der Waals surface area contributed by atoms with Crippen LogP contribution in [0.3, 0.4) is 0 Å². The van der Waals surface area contributed by atoms with E-state index in [4.69, 9.17) is 4.74 Å². The zero-order valence-corrected chi connectivity index (χ0v) is 8.04. The van der Waals surface area contributed by atoms with Gasteiger partial charge in [0, 0.05) is 24.7 Å². The second-order valence-corrected chi connectivity index (χ2v) is 3.68. The van der Waals surface area contributed by atoms with E-state index in [1.54, 1.807) is 12.4 Å². The Morgan fingerprint density at radius 1 is 1.79 bits per heavy atom. The summed E-state index contributed by atoms with van der Waals surface area (Å²) in [5, 5.41) is 9.73. The van der Waals surface area contributed by atoms with E-state index in [2.05, 4.69) is 15.5 Å². The largest absolute Gasteiger partial charge is 0.464 e. The number of carbonyl (C=O) groups excluding carboxylic acids is 1. The van der Waals surface area contributed by atoms with Crippen molar-refractivity contribution in [3.63, 3.8) is 0 Å². The Labute approximate surface area is 81.8 Å². The average molecular weight is 195 g/mol. The van der Waals surface area contributed by atoms with Crippen LogP contribution in [0.2, 0.25) is 0 Å². The Balaban J connectivity index is 1.94. The van der Waals surface area contributed by atoms with Crippen LogP contribution in [0.1, 0.15) is 18.9 Å². The van der Waals surface area contributed by atoms with Crippen molar-refractivity contribution in [3.05, 3.63) is 18.0 Å². The maximum atomic E-state index is 11.3. The molecule has 0 spiro atoms. The number of nitrogens with zero attached hydrogens (tertiary/aromatic N) is 1. The highest BCUT2D eigenvalue weighted by molar-refractivity contribution is 5.82. The summed E-state index contributed by atoms with van der Waals surface area (Å²) in [5.41, 5.74) is 0.503. The summed E-state index contributed by atoms with van der Waals surface area (Å²) in [5.74, 6) is -0.166. The average Bonchev–Trinajstić information content (AvgIpc) is 2.75. The fourth-order valence-electron chi connectivity index (χ4n) is 1.44. The molecule has 76 valence electrons. The van der Waals surface area contributed by atoms with Crippen LogP contribution in [0.15, 0.2) is 12.4 Å². The molecule has 0 saturated carbocycles. The minimum absolute atomic E-state index is 0.166. The van der Waals surface area contributed by atoms with E-state index in [-0.39, 0.29) is 5.97 Å². The molecule has 1 unspecified atom stereocenters. The lowest BCUT2D eigenvalue weighted by Gasteiger charge is -2.19. The van der Waals surface area contributed by atoms with Crippen molar-refractivity contribution in [2.24, 2.45) is 0 Å². The number of aromatic amines is 1. The van der Waals surface area contributed by atoms with Crippen molar-refractivity contribution >= 4 is 5.97 Å². The SMILES string of the molecule is CC1(NCc2cn[nH]c2)CCOC1=O. The smallest absolute Gasteiger partial charge is 0.326 e. The first kappa shape index (κ1) is 9.21. The monoisotopic (exact) mass is 195 g/mol. The molecule has 1 saturated heterocycles. The van der Waals surface area contributed by atoms with Gasteiger partial charge in [0.25, 0.3) is 0 Å². The predicted molar refractivity (Wildman–Crippen MR) is 49.4 cm³/mol. The predicted octanol–water partition coefficient (Wildman–Crippen LogP) is 0.205. The summed E-state index contributed by atoms with van der Waals surface area (Å²) in [6.45, 7) is 3.00. The van der Waals surface area contributed by atoms with Crippen molar-refractivity contribution in [2.45, 2.75) is 25.4 Å². The van der Waals surface area contributed by atoms with Gasteiger partial charge < -0.3 is 4.74 Å². The summed E-state index contributed by atoms with van der Waals surface area (Å²) >= 11 is 0. The molecule has 0 amide bonds. The van der Waals surface area contributed by atoms with E-state index in [0.29, 0.717) is 13.2 Å². The van der Waals surface area contributed by atoms with Gasteiger partial charge in [0.1, 0.15) is 5.54 Å². The van der Waals surface area contributed by atoms with Crippen LogP contribution in [0.4, 0.5) is 0 Å². The minimum Gasteiger partial charge on any atom is -0.464 e. The first-order chi connectivity index (χ1) is 6.71. The molecule has 2 rings (SSSR count). The van der Waals surface area contributed by atoms with Crippen LogP contribution in [0.25, 0.3) is 0 Å². The fraction of sp³-hybridized carbons (Fsp3) is 0.556. The molecule has 0 aromatic carbocycles. The van der Waals surface area contributed by atoms with Crippen LogP contribution in [-0.4, -0.2) is 28.3 Å². The van der Waals surface area contributed by atoms with Crippen molar-refractivity contribution in [2.75, 3.05) is 6.61 Å². The highest BCUT2D eigenvalue weighted by atomic mass is 16.5. The zero-order valence-electron chi connectivity index (χ0n) is 8.04. The molecular weight excluding hydrogens is 182 g/mol. The molecule has 5 heteroatoms. The molecule has 1 aliphatic heterocycles. The zero-order chi connectivity index (χ0) is 10.0. The number of nitrogens with one attached hydrogen (secondary N) is 2. The third-order valence-electron chi connectivity index (χ3n) is 2.52. The molecule has 1 atom stereocenters. The van der Waals surface area contributed by atoms with Gasteiger partial charge in [-0.25, -0.2) is 0 Å². The number of esters is 1. The van der Waals surface area contributed by atoms with E-state index in [9.17, 15) is 4.79 Å². The molecule has 1 aliphatic rings. The van der Waals surface area contributed by atoms with Crippen molar-refractivity contribution in [1.29, 1.82) is 0 Å². The van der Waals surface area contributed by atoms with Gasteiger partial charge in [-0.3, -0.25) is 15.2 Å². The Kier molecular flexibility index (Phi) is 2.25. The number of carbonyl (C=O) groups is 1. The highest BCUT2D eigenvalue weighted by Gasteiger charge is 2.39. The van der Waals surface area contributed by atoms with E-state index in [1.807, 2.05) is 6.92 Å². The normalized spacial score (nSPS) is 26.5. The Morgan fingerprint density at radius 2 is 2.64 bits per heavy atom. The maximum absolute atomic E-state index is 11.3. The lowest BCUT2D eigenvalue weighted by Crippen LogP contribution is -2.45. The van der Waals surface area contributed by atoms with Gasteiger partial charge in [0.05, 0.1) is 12.8 Å².